The molecular weight excluding hydrogens is 368 g/mol. The largest absolute Gasteiger partial charge is 0.508 e. The first-order valence-electron chi connectivity index (χ1n) is 8.42. The second kappa shape index (κ2) is 6.00. The average molecular weight is 384 g/mol. The van der Waals surface area contributed by atoms with E-state index in [1.54, 1.807) is 6.07 Å². The van der Waals surface area contributed by atoms with Crippen molar-refractivity contribution >= 4 is 16.6 Å². The molecule has 28 heavy (non-hydrogen) atoms. The van der Waals surface area contributed by atoms with Crippen LogP contribution in [0, 0.1) is 0 Å². The fourth-order valence-electron chi connectivity index (χ4n) is 3.50. The Balaban J connectivity index is 2.00. The molecule has 0 bridgehead atoms. The maximum atomic E-state index is 12.8. The molecule has 1 aliphatic heterocycles. The van der Waals surface area contributed by atoms with E-state index in [0.29, 0.717) is 10.9 Å². The van der Waals surface area contributed by atoms with Crippen molar-refractivity contribution < 1.29 is 34.4 Å². The van der Waals surface area contributed by atoms with E-state index in [2.05, 4.69) is 0 Å². The van der Waals surface area contributed by atoms with Gasteiger partial charge < -0.3 is 29.6 Å². The van der Waals surface area contributed by atoms with Gasteiger partial charge in [0, 0.05) is 25.5 Å². The van der Waals surface area contributed by atoms with E-state index in [0.717, 1.165) is 12.1 Å². The summed E-state index contributed by atoms with van der Waals surface area (Å²) in [5, 5.41) is 40.5. The summed E-state index contributed by atoms with van der Waals surface area (Å²) in [6.45, 7) is 1.33. The minimum Gasteiger partial charge on any atom is -0.508 e. The van der Waals surface area contributed by atoms with Crippen LogP contribution in [0.3, 0.4) is 0 Å². The number of phenols is 2. The Morgan fingerprint density at radius 3 is 2.46 bits per heavy atom. The van der Waals surface area contributed by atoms with Crippen molar-refractivity contribution in [2.75, 3.05) is 0 Å². The number of aliphatic hydroxyl groups is 1. The van der Waals surface area contributed by atoms with Crippen LogP contribution in [0.5, 0.6) is 23.0 Å². The monoisotopic (exact) mass is 384 g/mol. The molecule has 8 nitrogen and oxygen atoms in total. The van der Waals surface area contributed by atoms with Gasteiger partial charge in [0.05, 0.1) is 23.4 Å². The number of Topliss-reactive ketones (excluding diaryl/α,β-unsaturated/α-hetero) is 1. The summed E-state index contributed by atoms with van der Waals surface area (Å²) < 4.78 is 10.7. The summed E-state index contributed by atoms with van der Waals surface area (Å²) in [6.07, 6.45) is -0.336. The summed E-state index contributed by atoms with van der Waals surface area (Å²) in [5.41, 5.74) is -0.224. The van der Waals surface area contributed by atoms with E-state index in [1.165, 1.54) is 19.1 Å². The number of aromatic hydroxyl groups is 3. The zero-order valence-corrected chi connectivity index (χ0v) is 14.7. The fraction of sp³-hybridized carbons (Fsp3) is 0.200. The summed E-state index contributed by atoms with van der Waals surface area (Å²) in [4.78, 5) is 24.3. The zero-order valence-electron chi connectivity index (χ0n) is 14.7. The van der Waals surface area contributed by atoms with Crippen LogP contribution in [0.2, 0.25) is 0 Å². The highest BCUT2D eigenvalue weighted by Crippen LogP contribution is 2.45. The lowest BCUT2D eigenvalue weighted by molar-refractivity contribution is -0.122. The number of carbonyl (C=O) groups is 1. The highest BCUT2D eigenvalue weighted by atomic mass is 16.6. The van der Waals surface area contributed by atoms with Gasteiger partial charge in [0.25, 0.3) is 0 Å². The minimum absolute atomic E-state index is 0.0197. The molecule has 1 aliphatic rings. The smallest absolute Gasteiger partial charge is 0.339 e. The van der Waals surface area contributed by atoms with Crippen molar-refractivity contribution in [2.24, 2.45) is 0 Å². The van der Waals surface area contributed by atoms with Crippen LogP contribution in [0.15, 0.2) is 39.5 Å². The van der Waals surface area contributed by atoms with E-state index in [9.17, 15) is 30.0 Å². The van der Waals surface area contributed by atoms with Crippen LogP contribution in [-0.2, 0) is 6.42 Å². The summed E-state index contributed by atoms with van der Waals surface area (Å²) >= 11 is 0. The number of phenolic OH excluding ortho intramolecular Hbond substituents is 2. The first-order valence-corrected chi connectivity index (χ1v) is 8.42. The molecule has 0 aliphatic carbocycles. The SMILES string of the molecule is CC1(O)CC(=O)c2c(Cc3cc(O)cc(=O)o3)cc3cc(O)cc(O)c3c2O1. The number of fused-ring (bicyclic) bond motifs is 3. The van der Waals surface area contributed by atoms with Crippen molar-refractivity contribution in [1.82, 2.24) is 0 Å². The second-order valence-electron chi connectivity index (χ2n) is 6.96. The topological polar surface area (TPSA) is 137 Å². The number of carbonyl (C=O) groups excluding carboxylic acids is 1. The number of ketones is 1. The number of ether oxygens (including phenoxy) is 1. The molecule has 3 aromatic rings. The molecule has 2 heterocycles. The molecule has 1 atom stereocenters. The maximum Gasteiger partial charge on any atom is 0.339 e. The third kappa shape index (κ3) is 3.03. The van der Waals surface area contributed by atoms with Crippen LogP contribution in [0.1, 0.15) is 35.0 Å². The van der Waals surface area contributed by atoms with Crippen molar-refractivity contribution in [2.45, 2.75) is 25.6 Å². The molecule has 0 amide bonds. The van der Waals surface area contributed by atoms with Gasteiger partial charge in [0.15, 0.2) is 5.78 Å². The maximum absolute atomic E-state index is 12.8. The highest BCUT2D eigenvalue weighted by molar-refractivity contribution is 6.09. The molecule has 8 heteroatoms. The first kappa shape index (κ1) is 17.9. The minimum atomic E-state index is -1.77. The highest BCUT2D eigenvalue weighted by Gasteiger charge is 2.38. The van der Waals surface area contributed by atoms with Gasteiger partial charge in [-0.1, -0.05) is 0 Å². The third-order valence-corrected chi connectivity index (χ3v) is 4.50. The predicted octanol–water partition coefficient (Wildman–Crippen LogP) is 2.17. The predicted molar refractivity (Wildman–Crippen MR) is 96.9 cm³/mol. The normalized spacial score (nSPS) is 18.7. The number of hydrogen-bond acceptors (Lipinski definition) is 8. The van der Waals surface area contributed by atoms with Crippen molar-refractivity contribution in [3.8, 4) is 23.0 Å². The molecule has 1 aromatic heterocycles. The number of hydrogen-bond donors (Lipinski definition) is 4. The fourth-order valence-corrected chi connectivity index (χ4v) is 3.50. The summed E-state index contributed by atoms with van der Waals surface area (Å²) in [7, 11) is 0. The molecule has 0 saturated heterocycles. The molecule has 0 fully saturated rings. The third-order valence-electron chi connectivity index (χ3n) is 4.50. The van der Waals surface area contributed by atoms with Crippen molar-refractivity contribution in [1.29, 1.82) is 0 Å². The lowest BCUT2D eigenvalue weighted by atomic mass is 9.89. The Morgan fingerprint density at radius 1 is 1.04 bits per heavy atom. The molecule has 4 N–H and O–H groups in total. The lowest BCUT2D eigenvalue weighted by Crippen LogP contribution is -2.39. The second-order valence-corrected chi connectivity index (χ2v) is 6.96. The number of benzene rings is 2. The standard InChI is InChI=1S/C20H16O8/c1-20(26)8-15(24)18-10(4-13-5-12(22)7-16(25)27-13)2-9-3-11(21)6-14(23)17(9)19(18)28-20/h2-3,5-7,21-23,26H,4,8H2,1H3. The Morgan fingerprint density at radius 2 is 1.75 bits per heavy atom. The molecular formula is C20H16O8. The Bertz CT molecular complexity index is 1190. The van der Waals surface area contributed by atoms with Gasteiger partial charge in [0.1, 0.15) is 28.8 Å². The van der Waals surface area contributed by atoms with Gasteiger partial charge >= 0.3 is 5.63 Å². The van der Waals surface area contributed by atoms with Crippen LogP contribution < -0.4 is 10.4 Å². The average Bonchev–Trinajstić information content (AvgIpc) is 2.51. The lowest BCUT2D eigenvalue weighted by Gasteiger charge is -2.32. The molecule has 4 rings (SSSR count). The van der Waals surface area contributed by atoms with Gasteiger partial charge in [0.2, 0.25) is 5.79 Å². The van der Waals surface area contributed by atoms with E-state index < -0.39 is 17.2 Å². The Labute approximate surface area is 157 Å². The van der Waals surface area contributed by atoms with E-state index in [-0.39, 0.29) is 52.5 Å². The van der Waals surface area contributed by atoms with Gasteiger partial charge in [-0.25, -0.2) is 4.79 Å². The van der Waals surface area contributed by atoms with Crippen molar-refractivity contribution in [3.63, 3.8) is 0 Å². The van der Waals surface area contributed by atoms with Crippen molar-refractivity contribution in [3.05, 3.63) is 57.6 Å². The molecule has 144 valence electrons. The molecule has 1 unspecified atom stereocenters. The summed E-state index contributed by atoms with van der Waals surface area (Å²) in [6, 6.07) is 6.20. The molecule has 0 spiro atoms. The Hall–Kier alpha value is -3.52. The zero-order chi connectivity index (χ0) is 20.2. The van der Waals surface area contributed by atoms with Gasteiger partial charge in [-0.2, -0.15) is 0 Å². The van der Waals surface area contributed by atoms with Crippen LogP contribution >= 0.6 is 0 Å². The molecule has 2 aromatic carbocycles. The quantitative estimate of drug-likeness (QED) is 0.527. The van der Waals surface area contributed by atoms with E-state index in [1.807, 2.05) is 0 Å². The van der Waals surface area contributed by atoms with Crippen LogP contribution in [0.25, 0.3) is 10.8 Å². The van der Waals surface area contributed by atoms with Gasteiger partial charge in [-0.15, -0.1) is 0 Å². The first-order chi connectivity index (χ1) is 13.1. The molecule has 0 radical (unpaired) electrons. The molecule has 0 saturated carbocycles. The Kier molecular flexibility index (Phi) is 3.83. The van der Waals surface area contributed by atoms with Crippen LogP contribution in [-0.4, -0.2) is 32.0 Å². The summed E-state index contributed by atoms with van der Waals surface area (Å²) in [5.74, 6) is -2.88. The van der Waals surface area contributed by atoms with Gasteiger partial charge in [-0.3, -0.25) is 4.79 Å². The van der Waals surface area contributed by atoms with E-state index >= 15 is 0 Å². The van der Waals surface area contributed by atoms with Crippen LogP contribution in [0.4, 0.5) is 0 Å². The van der Waals surface area contributed by atoms with Gasteiger partial charge in [-0.05, 0) is 23.1 Å². The van der Waals surface area contributed by atoms with E-state index in [4.69, 9.17) is 9.15 Å². The number of rotatable bonds is 2.